The molecule has 1 fully saturated rings. The van der Waals surface area contributed by atoms with Gasteiger partial charge in [0.15, 0.2) is 11.5 Å². The van der Waals surface area contributed by atoms with E-state index in [1.807, 2.05) is 39.5 Å². The third-order valence-corrected chi connectivity index (χ3v) is 8.07. The first kappa shape index (κ1) is 31.3. The zero-order valence-corrected chi connectivity index (χ0v) is 25.9. The van der Waals surface area contributed by atoms with Crippen LogP contribution in [0, 0.1) is 30.9 Å². The summed E-state index contributed by atoms with van der Waals surface area (Å²) in [5.41, 5.74) is 1.14. The van der Waals surface area contributed by atoms with Gasteiger partial charge in [0, 0.05) is 37.1 Å². The molecule has 1 aliphatic rings. The van der Waals surface area contributed by atoms with E-state index < -0.39 is 17.3 Å². The number of halogens is 2. The molecule has 3 aromatic heterocycles. The molecular weight excluding hydrogens is 576 g/mol. The number of aromatic nitrogens is 4. The van der Waals surface area contributed by atoms with Crippen LogP contribution >= 0.6 is 0 Å². The first-order valence-electron chi connectivity index (χ1n) is 14.7. The van der Waals surface area contributed by atoms with Gasteiger partial charge in [0.2, 0.25) is 5.91 Å². The van der Waals surface area contributed by atoms with E-state index in [1.165, 1.54) is 28.8 Å². The lowest BCUT2D eigenvalue weighted by Gasteiger charge is -2.44. The van der Waals surface area contributed by atoms with Crippen LogP contribution in [-0.2, 0) is 4.79 Å². The van der Waals surface area contributed by atoms with Gasteiger partial charge in [-0.25, -0.2) is 23.1 Å². The summed E-state index contributed by atoms with van der Waals surface area (Å²) in [5.74, 6) is 0.864. The third-order valence-electron chi connectivity index (χ3n) is 8.07. The van der Waals surface area contributed by atoms with E-state index in [-0.39, 0.29) is 64.2 Å². The molecule has 1 amide bonds. The number of anilines is 2. The molecule has 2 unspecified atom stereocenters. The van der Waals surface area contributed by atoms with Gasteiger partial charge in [-0.2, -0.15) is 4.98 Å². The first-order valence-corrected chi connectivity index (χ1v) is 14.7. The number of hydrogen-bond donors (Lipinski definition) is 1. The van der Waals surface area contributed by atoms with Crippen LogP contribution in [0.1, 0.15) is 44.9 Å². The fourth-order valence-electron chi connectivity index (χ4n) is 5.89. The number of nitrogens with one attached hydrogen (secondary N) is 1. The van der Waals surface area contributed by atoms with Crippen LogP contribution in [0.25, 0.3) is 28.0 Å². The van der Waals surface area contributed by atoms with Gasteiger partial charge in [0.05, 0.1) is 28.9 Å². The van der Waals surface area contributed by atoms with Gasteiger partial charge in [-0.3, -0.25) is 9.78 Å². The number of fused-ring (bicyclic) bond motifs is 1. The topological polar surface area (TPSA) is 96.3 Å². The van der Waals surface area contributed by atoms with Crippen molar-refractivity contribution >= 4 is 28.4 Å². The first-order chi connectivity index (χ1) is 21.5. The summed E-state index contributed by atoms with van der Waals surface area (Å²) in [4.78, 5) is 44.0. The second-order valence-electron chi connectivity index (χ2n) is 11.5. The van der Waals surface area contributed by atoms with E-state index >= 15 is 8.78 Å². The summed E-state index contributed by atoms with van der Waals surface area (Å²) in [6, 6.07) is 6.77. The predicted octanol–water partition coefficient (Wildman–Crippen LogP) is 5.21. The number of piperazine rings is 1. The molecule has 232 valence electrons. The minimum absolute atomic E-state index is 0.0769. The number of carbonyl (C=O) groups excluding carboxylic acids is 1. The molecule has 1 saturated heterocycles. The Morgan fingerprint density at radius 2 is 1.93 bits per heavy atom. The predicted molar refractivity (Wildman–Crippen MR) is 173 cm³/mol. The van der Waals surface area contributed by atoms with Crippen LogP contribution < -0.4 is 15.9 Å². The van der Waals surface area contributed by atoms with Crippen LogP contribution in [-0.4, -0.2) is 62.0 Å². The van der Waals surface area contributed by atoms with Crippen LogP contribution in [0.15, 0.2) is 54.0 Å². The Labute approximate surface area is 260 Å². The van der Waals surface area contributed by atoms with Crippen molar-refractivity contribution in [3.63, 3.8) is 0 Å². The number of amides is 1. The Bertz CT molecular complexity index is 1910. The molecule has 0 bridgehead atoms. The van der Waals surface area contributed by atoms with Crippen LogP contribution in [0.5, 0.6) is 0 Å². The third kappa shape index (κ3) is 5.64. The van der Waals surface area contributed by atoms with Crippen molar-refractivity contribution < 1.29 is 13.6 Å². The van der Waals surface area contributed by atoms with E-state index in [0.29, 0.717) is 24.5 Å². The molecule has 1 aromatic carbocycles. The molecule has 9 nitrogen and oxygen atoms in total. The molecule has 0 saturated carbocycles. The molecule has 5 rings (SSSR count). The van der Waals surface area contributed by atoms with Gasteiger partial charge < -0.3 is 15.1 Å². The Morgan fingerprint density at radius 3 is 2.62 bits per heavy atom. The Hall–Kier alpha value is -5.11. The average molecular weight is 612 g/mol. The highest BCUT2D eigenvalue weighted by molar-refractivity contribution is 5.92. The minimum Gasteiger partial charge on any atom is -0.374 e. The van der Waals surface area contributed by atoms with E-state index in [4.69, 9.17) is 11.4 Å². The second-order valence-corrected chi connectivity index (χ2v) is 11.5. The standard InChI is InChI=1S/C34H35F2N7O2/c1-8-14-37-26-12-10-11-24(35)28(26)30-25(36)16-23-32(42-18-21(6)41(17-22(42)7)27(44)9-2)40-34(45)43(33(23)39-30)31-20(5)13-15-38-29(31)19(3)4/h1,9-13,15-16,19,21-22,37H,2,14,17-18H2,3-7H3. The lowest BCUT2D eigenvalue weighted by molar-refractivity contribution is -0.128. The van der Waals surface area contributed by atoms with Crippen LogP contribution in [0.4, 0.5) is 20.3 Å². The SMILES string of the molecule is C#CCNc1cccc(F)c1-c1nc2c(cc1F)c(N1CC(C)N(C(=O)C=C)CC1C)nc(=O)n2-c1c(C)ccnc1C(C)C. The van der Waals surface area contributed by atoms with Gasteiger partial charge in [-0.15, -0.1) is 6.42 Å². The molecule has 4 heterocycles. The maximum atomic E-state index is 16.2. The molecule has 0 spiro atoms. The van der Waals surface area contributed by atoms with Crippen molar-refractivity contribution in [3.8, 4) is 29.3 Å². The molecular formula is C34H35F2N7O2. The maximum Gasteiger partial charge on any atom is 0.355 e. The highest BCUT2D eigenvalue weighted by atomic mass is 19.1. The normalized spacial score (nSPS) is 16.6. The molecule has 4 aromatic rings. The molecule has 1 N–H and O–H groups in total. The lowest BCUT2D eigenvalue weighted by Crippen LogP contribution is -2.58. The van der Waals surface area contributed by atoms with Crippen molar-refractivity contribution in [1.29, 1.82) is 0 Å². The van der Waals surface area contributed by atoms with Crippen LogP contribution in [0.3, 0.4) is 0 Å². The summed E-state index contributed by atoms with van der Waals surface area (Å²) in [6.45, 7) is 13.9. The quantitative estimate of drug-likeness (QED) is 0.227. The van der Waals surface area contributed by atoms with Crippen molar-refractivity contribution in [3.05, 3.63) is 82.6 Å². The molecule has 45 heavy (non-hydrogen) atoms. The average Bonchev–Trinajstić information content (AvgIpc) is 3.00. The molecule has 1 aliphatic heterocycles. The number of pyridine rings is 2. The zero-order chi connectivity index (χ0) is 32.6. The summed E-state index contributed by atoms with van der Waals surface area (Å²) < 4.78 is 33.0. The Kier molecular flexibility index (Phi) is 8.68. The minimum atomic E-state index is -0.808. The number of nitrogens with zero attached hydrogens (tertiary/aromatic N) is 6. The smallest absolute Gasteiger partial charge is 0.355 e. The summed E-state index contributed by atoms with van der Waals surface area (Å²) >= 11 is 0. The summed E-state index contributed by atoms with van der Waals surface area (Å²) in [5, 5.41) is 3.19. The number of carbonyl (C=O) groups is 1. The number of benzene rings is 1. The highest BCUT2D eigenvalue weighted by Crippen LogP contribution is 2.36. The largest absolute Gasteiger partial charge is 0.374 e. The van der Waals surface area contributed by atoms with Crippen molar-refractivity contribution in [2.45, 2.75) is 52.6 Å². The van der Waals surface area contributed by atoms with Crippen molar-refractivity contribution in [2.24, 2.45) is 0 Å². The number of rotatable bonds is 7. The number of hydrogen-bond acceptors (Lipinski definition) is 7. The summed E-state index contributed by atoms with van der Waals surface area (Å²) in [7, 11) is 0. The van der Waals surface area contributed by atoms with Gasteiger partial charge in [0.1, 0.15) is 17.3 Å². The van der Waals surface area contributed by atoms with E-state index in [1.54, 1.807) is 23.2 Å². The monoisotopic (exact) mass is 611 g/mol. The molecule has 0 radical (unpaired) electrons. The zero-order valence-electron chi connectivity index (χ0n) is 25.9. The lowest BCUT2D eigenvalue weighted by atomic mass is 10.0. The van der Waals surface area contributed by atoms with Gasteiger partial charge in [-0.05, 0) is 62.6 Å². The second kappa shape index (κ2) is 12.5. The van der Waals surface area contributed by atoms with Gasteiger partial charge in [-0.1, -0.05) is 32.4 Å². The highest BCUT2D eigenvalue weighted by Gasteiger charge is 2.34. The van der Waals surface area contributed by atoms with Gasteiger partial charge in [0.25, 0.3) is 0 Å². The Morgan fingerprint density at radius 1 is 1.18 bits per heavy atom. The van der Waals surface area contributed by atoms with E-state index in [2.05, 4.69) is 27.8 Å². The van der Waals surface area contributed by atoms with E-state index in [0.717, 1.165) is 5.56 Å². The molecule has 11 heteroatoms. The number of aryl methyl sites for hydroxylation is 1. The molecule has 0 aliphatic carbocycles. The fourth-order valence-corrected chi connectivity index (χ4v) is 5.89. The molecule has 2 atom stereocenters. The number of terminal acetylenes is 1. The van der Waals surface area contributed by atoms with Crippen molar-refractivity contribution in [1.82, 2.24) is 24.4 Å². The van der Waals surface area contributed by atoms with E-state index in [9.17, 15) is 9.59 Å². The van der Waals surface area contributed by atoms with Crippen molar-refractivity contribution in [2.75, 3.05) is 29.9 Å². The van der Waals surface area contributed by atoms with Gasteiger partial charge >= 0.3 is 5.69 Å². The van der Waals surface area contributed by atoms with Crippen LogP contribution in [0.2, 0.25) is 0 Å². The summed E-state index contributed by atoms with van der Waals surface area (Å²) in [6.07, 6.45) is 8.36. The maximum absolute atomic E-state index is 16.2. The fraction of sp³-hybridized carbons (Fsp3) is 0.324. The Balaban J connectivity index is 1.84.